The third-order valence-corrected chi connectivity index (χ3v) is 9.40. The van der Waals surface area contributed by atoms with Gasteiger partial charge in [0.15, 0.2) is 0 Å². The fraction of sp³-hybridized carbons (Fsp3) is 0.0625. The first-order valence-electron chi connectivity index (χ1n) is 16.5. The molecule has 0 bridgehead atoms. The molecule has 0 unspecified atom stereocenters. The first-order valence-corrected chi connectivity index (χ1v) is 16.5. The van der Waals surface area contributed by atoms with Crippen LogP contribution in [0.1, 0.15) is 51.4 Å². The summed E-state index contributed by atoms with van der Waals surface area (Å²) in [7, 11) is 0. The number of hydrogen-bond acceptors (Lipinski definition) is 0. The number of hydrogen-bond donors (Lipinski definition) is 0. The van der Waals surface area contributed by atoms with Gasteiger partial charge in [-0.1, -0.05) is 159 Å². The summed E-state index contributed by atoms with van der Waals surface area (Å²) < 4.78 is 0. The van der Waals surface area contributed by atoms with Gasteiger partial charge in [-0.25, -0.2) is 0 Å². The van der Waals surface area contributed by atoms with Gasteiger partial charge >= 0.3 is 0 Å². The summed E-state index contributed by atoms with van der Waals surface area (Å²) in [6.07, 6.45) is 5.32. The minimum absolute atomic E-state index is 0.842. The Kier molecular flexibility index (Phi) is 8.59. The Morgan fingerprint density at radius 2 is 1.19 bits per heavy atom. The molecule has 48 heavy (non-hydrogen) atoms. The van der Waals surface area contributed by atoms with Crippen molar-refractivity contribution in [1.82, 2.24) is 0 Å². The zero-order valence-corrected chi connectivity index (χ0v) is 27.6. The topological polar surface area (TPSA) is 0 Å². The molecule has 0 heteroatoms. The molecule has 7 rings (SSSR count). The van der Waals surface area contributed by atoms with Gasteiger partial charge in [0.2, 0.25) is 0 Å². The quantitative estimate of drug-likeness (QED) is 0.118. The van der Waals surface area contributed by atoms with Gasteiger partial charge in [0.1, 0.15) is 0 Å². The number of benzene rings is 6. The molecule has 230 valence electrons. The Labute approximate surface area is 285 Å². The number of allylic oxidation sites excluding steroid dienone is 5. The highest BCUT2D eigenvalue weighted by atomic mass is 14.3. The first-order chi connectivity index (χ1) is 23.5. The SMILES string of the molecule is C=C=C(/C=C(\C=C(/C)c1ccc(Cc2ccc3c(c2)-c2ccccc2C3=C)c(-c2ccccc2C)c1)c1ccccc1)c1ccccc1. The molecule has 0 spiro atoms. The number of fused-ring (bicyclic) bond motifs is 3. The predicted octanol–water partition coefficient (Wildman–Crippen LogP) is 12.7. The highest BCUT2D eigenvalue weighted by molar-refractivity contribution is 6.00. The number of aryl methyl sites for hydroxylation is 1. The summed E-state index contributed by atoms with van der Waals surface area (Å²) >= 11 is 0. The van der Waals surface area contributed by atoms with Crippen LogP contribution in [-0.2, 0) is 6.42 Å². The standard InChI is InChI=1S/C48H38/c1-5-37(38-17-8-6-9-18-38)31-42(39-19-10-7-11-20-39)28-34(3)40-25-26-41(47(32-40)43-21-13-12-16-33(43)2)29-36-24-27-45-35(4)44-22-14-15-23-46(44)48(45)30-36/h6-28,30-32H,1,4,29H2,2-3H3/b34-28+,42-31+. The fourth-order valence-corrected chi connectivity index (χ4v) is 6.80. The first kappa shape index (κ1) is 30.7. The Morgan fingerprint density at radius 3 is 1.90 bits per heavy atom. The second kappa shape index (κ2) is 13.4. The van der Waals surface area contributed by atoms with E-state index < -0.39 is 0 Å². The third kappa shape index (κ3) is 6.10. The van der Waals surface area contributed by atoms with Crippen molar-refractivity contribution >= 4 is 22.3 Å². The molecule has 0 aromatic heterocycles. The van der Waals surface area contributed by atoms with E-state index >= 15 is 0 Å². The summed E-state index contributed by atoms with van der Waals surface area (Å²) in [5.41, 5.74) is 22.4. The fourth-order valence-electron chi connectivity index (χ4n) is 6.80. The van der Waals surface area contributed by atoms with Crippen LogP contribution in [0.2, 0.25) is 0 Å². The van der Waals surface area contributed by atoms with Gasteiger partial charge in [0.05, 0.1) is 0 Å². The Hall–Kier alpha value is -5.94. The lowest BCUT2D eigenvalue weighted by Gasteiger charge is -2.16. The molecular formula is C48H38. The molecule has 0 fully saturated rings. The Balaban J connectivity index is 1.30. The molecular weight excluding hydrogens is 577 g/mol. The highest BCUT2D eigenvalue weighted by Gasteiger charge is 2.22. The molecule has 0 heterocycles. The van der Waals surface area contributed by atoms with Crippen molar-refractivity contribution in [2.45, 2.75) is 20.3 Å². The Morgan fingerprint density at radius 1 is 0.562 bits per heavy atom. The molecule has 0 nitrogen and oxygen atoms in total. The molecule has 6 aromatic rings. The van der Waals surface area contributed by atoms with Crippen LogP contribution < -0.4 is 0 Å². The van der Waals surface area contributed by atoms with E-state index in [1.54, 1.807) is 0 Å². The zero-order valence-electron chi connectivity index (χ0n) is 27.6. The van der Waals surface area contributed by atoms with E-state index in [0.717, 1.165) is 34.3 Å². The molecule has 6 aromatic carbocycles. The summed E-state index contributed by atoms with van der Waals surface area (Å²) in [6.45, 7) is 12.8. The minimum Gasteiger partial charge on any atom is -0.120 e. The van der Waals surface area contributed by atoms with Crippen LogP contribution in [0.25, 0.3) is 44.5 Å². The van der Waals surface area contributed by atoms with E-state index in [0.29, 0.717) is 0 Å². The highest BCUT2D eigenvalue weighted by Crippen LogP contribution is 2.44. The molecule has 0 saturated carbocycles. The van der Waals surface area contributed by atoms with Crippen LogP contribution in [0.15, 0.2) is 177 Å². The normalized spacial score (nSPS) is 12.3. The van der Waals surface area contributed by atoms with Gasteiger partial charge in [-0.2, -0.15) is 0 Å². The van der Waals surface area contributed by atoms with Gasteiger partial charge in [0, 0.05) is 5.57 Å². The van der Waals surface area contributed by atoms with Gasteiger partial charge < -0.3 is 0 Å². The maximum Gasteiger partial charge on any atom is 0.0236 e. The smallest absolute Gasteiger partial charge is 0.0236 e. The van der Waals surface area contributed by atoms with Crippen molar-refractivity contribution in [2.24, 2.45) is 0 Å². The van der Waals surface area contributed by atoms with Gasteiger partial charge in [-0.05, 0) is 116 Å². The second-order valence-electron chi connectivity index (χ2n) is 12.5. The van der Waals surface area contributed by atoms with Crippen LogP contribution in [0.3, 0.4) is 0 Å². The van der Waals surface area contributed by atoms with Crippen LogP contribution in [0.4, 0.5) is 0 Å². The van der Waals surface area contributed by atoms with Crippen molar-refractivity contribution in [3.05, 3.63) is 221 Å². The van der Waals surface area contributed by atoms with E-state index in [2.05, 4.69) is 184 Å². The van der Waals surface area contributed by atoms with Crippen molar-refractivity contribution in [3.63, 3.8) is 0 Å². The minimum atomic E-state index is 0.842. The lowest BCUT2D eigenvalue weighted by atomic mass is 9.88. The second-order valence-corrected chi connectivity index (χ2v) is 12.5. The lowest BCUT2D eigenvalue weighted by molar-refractivity contribution is 1.19. The third-order valence-electron chi connectivity index (χ3n) is 9.40. The molecule has 0 saturated heterocycles. The van der Waals surface area contributed by atoms with Crippen molar-refractivity contribution in [2.75, 3.05) is 0 Å². The molecule has 0 aliphatic heterocycles. The largest absolute Gasteiger partial charge is 0.120 e. The van der Waals surface area contributed by atoms with Crippen LogP contribution >= 0.6 is 0 Å². The maximum absolute atomic E-state index is 4.40. The predicted molar refractivity (Wildman–Crippen MR) is 206 cm³/mol. The summed E-state index contributed by atoms with van der Waals surface area (Å²) in [5.74, 6) is 0. The van der Waals surface area contributed by atoms with Gasteiger partial charge in [-0.15, -0.1) is 5.73 Å². The maximum atomic E-state index is 4.40. The molecule has 0 radical (unpaired) electrons. The Bertz CT molecular complexity index is 2270. The van der Waals surface area contributed by atoms with E-state index in [1.807, 2.05) is 6.07 Å². The molecule has 0 atom stereocenters. The molecule has 1 aliphatic rings. The van der Waals surface area contributed by atoms with Crippen LogP contribution in [-0.4, -0.2) is 0 Å². The molecule has 0 N–H and O–H groups in total. The average molecular weight is 615 g/mol. The van der Waals surface area contributed by atoms with Crippen molar-refractivity contribution in [1.29, 1.82) is 0 Å². The van der Waals surface area contributed by atoms with Gasteiger partial charge in [0.25, 0.3) is 0 Å². The van der Waals surface area contributed by atoms with Crippen LogP contribution in [0, 0.1) is 6.92 Å². The lowest BCUT2D eigenvalue weighted by Crippen LogP contribution is -1.97. The molecule has 1 aliphatic carbocycles. The number of rotatable bonds is 8. The molecule has 0 amide bonds. The van der Waals surface area contributed by atoms with Crippen molar-refractivity contribution < 1.29 is 0 Å². The van der Waals surface area contributed by atoms with E-state index in [1.165, 1.54) is 61.2 Å². The van der Waals surface area contributed by atoms with E-state index in [9.17, 15) is 0 Å². The summed E-state index contributed by atoms with van der Waals surface area (Å²) in [6, 6.07) is 52.1. The summed E-state index contributed by atoms with van der Waals surface area (Å²) in [5, 5.41) is 0. The van der Waals surface area contributed by atoms with E-state index in [4.69, 9.17) is 0 Å². The summed E-state index contributed by atoms with van der Waals surface area (Å²) in [4.78, 5) is 0. The zero-order chi connectivity index (χ0) is 33.0. The van der Waals surface area contributed by atoms with Gasteiger partial charge in [-0.3, -0.25) is 0 Å². The van der Waals surface area contributed by atoms with Crippen LogP contribution in [0.5, 0.6) is 0 Å². The van der Waals surface area contributed by atoms with Crippen molar-refractivity contribution in [3.8, 4) is 22.3 Å². The average Bonchev–Trinajstić information content (AvgIpc) is 3.42. The monoisotopic (exact) mass is 614 g/mol. The van der Waals surface area contributed by atoms with E-state index in [-0.39, 0.29) is 0 Å².